The molecule has 1 saturated heterocycles. The summed E-state index contributed by atoms with van der Waals surface area (Å²) in [6, 6.07) is 8.26. The number of ether oxygens (including phenoxy) is 1. The molecule has 2 aromatic heterocycles. The van der Waals surface area contributed by atoms with E-state index in [-0.39, 0.29) is 5.78 Å². The molecule has 0 radical (unpaired) electrons. The summed E-state index contributed by atoms with van der Waals surface area (Å²) in [6.07, 6.45) is 6.36. The van der Waals surface area contributed by atoms with E-state index in [9.17, 15) is 4.79 Å². The van der Waals surface area contributed by atoms with Gasteiger partial charge in [-0.25, -0.2) is 0 Å². The first-order valence-corrected chi connectivity index (χ1v) is 10.7. The normalized spacial score (nSPS) is 15.6. The number of piperidine rings is 1. The Morgan fingerprint density at radius 3 is 2.70 bits per heavy atom. The largest absolute Gasteiger partial charge is 0.496 e. The molecule has 0 saturated carbocycles. The number of hydrogen-bond donors (Lipinski definition) is 0. The number of carbonyl (C=O) groups is 1. The van der Waals surface area contributed by atoms with Gasteiger partial charge >= 0.3 is 0 Å². The summed E-state index contributed by atoms with van der Waals surface area (Å²) in [5, 5.41) is 6.61. The third-order valence-corrected chi connectivity index (χ3v) is 6.30. The van der Waals surface area contributed by atoms with Crippen LogP contribution in [0.4, 0.5) is 0 Å². The van der Waals surface area contributed by atoms with E-state index in [2.05, 4.69) is 29.1 Å². The number of rotatable bonds is 7. The maximum Gasteiger partial charge on any atom is 0.148 e. The van der Waals surface area contributed by atoms with Crippen LogP contribution in [0.2, 0.25) is 0 Å². The van der Waals surface area contributed by atoms with Gasteiger partial charge in [0.25, 0.3) is 0 Å². The highest BCUT2D eigenvalue weighted by Crippen LogP contribution is 2.32. The van der Waals surface area contributed by atoms with Gasteiger partial charge in [0.2, 0.25) is 0 Å². The van der Waals surface area contributed by atoms with Crippen LogP contribution >= 0.6 is 0 Å². The Hall–Kier alpha value is -2.73. The molecular weight excluding hydrogens is 376 g/mol. The van der Waals surface area contributed by atoms with Gasteiger partial charge in [0, 0.05) is 48.1 Å². The molecule has 0 unspecified atom stereocenters. The van der Waals surface area contributed by atoms with Crippen molar-refractivity contribution in [2.75, 3.05) is 26.7 Å². The molecule has 0 amide bonds. The lowest BCUT2D eigenvalue weighted by atomic mass is 9.91. The zero-order valence-corrected chi connectivity index (χ0v) is 18.1. The summed E-state index contributed by atoms with van der Waals surface area (Å²) >= 11 is 0. The number of carbonyl (C=O) groups excluding carboxylic acids is 1. The van der Waals surface area contributed by atoms with Gasteiger partial charge in [0.05, 0.1) is 13.7 Å². The molecule has 1 aromatic carbocycles. The number of ketones is 1. The molecule has 6 heteroatoms. The molecule has 1 aliphatic rings. The van der Waals surface area contributed by atoms with Crippen molar-refractivity contribution in [3.05, 3.63) is 53.6 Å². The SMILES string of the molecule is COc1ccc2cnc(C3CCN(CC(=O)CCn4nccc4C)CC3)cc2c1C. The summed E-state index contributed by atoms with van der Waals surface area (Å²) in [7, 11) is 1.71. The molecule has 30 heavy (non-hydrogen) atoms. The van der Waals surface area contributed by atoms with E-state index in [0.717, 1.165) is 54.0 Å². The molecule has 0 atom stereocenters. The molecule has 1 aliphatic heterocycles. The molecule has 3 aromatic rings. The summed E-state index contributed by atoms with van der Waals surface area (Å²) < 4.78 is 7.37. The van der Waals surface area contributed by atoms with Crippen LogP contribution in [0.1, 0.15) is 42.1 Å². The lowest BCUT2D eigenvalue weighted by molar-refractivity contribution is -0.120. The molecule has 4 rings (SSSR count). The Kier molecular flexibility index (Phi) is 6.13. The second-order valence-electron chi connectivity index (χ2n) is 8.26. The first-order chi connectivity index (χ1) is 14.5. The maximum atomic E-state index is 12.4. The van der Waals surface area contributed by atoms with Crippen LogP contribution in [-0.2, 0) is 11.3 Å². The highest BCUT2D eigenvalue weighted by atomic mass is 16.5. The van der Waals surface area contributed by atoms with Crippen molar-refractivity contribution < 1.29 is 9.53 Å². The minimum absolute atomic E-state index is 0.287. The molecular formula is C24H30N4O2. The smallest absolute Gasteiger partial charge is 0.148 e. The van der Waals surface area contributed by atoms with Crippen LogP contribution < -0.4 is 4.74 Å². The number of hydrogen-bond acceptors (Lipinski definition) is 5. The van der Waals surface area contributed by atoms with Crippen molar-refractivity contribution in [1.29, 1.82) is 0 Å². The molecule has 3 heterocycles. The summed E-state index contributed by atoms with van der Waals surface area (Å²) in [6.45, 7) is 7.19. The van der Waals surface area contributed by atoms with Crippen LogP contribution in [0.15, 0.2) is 36.7 Å². The van der Waals surface area contributed by atoms with Crippen LogP contribution in [0.3, 0.4) is 0 Å². The van der Waals surface area contributed by atoms with E-state index in [1.807, 2.05) is 29.9 Å². The van der Waals surface area contributed by atoms with E-state index >= 15 is 0 Å². The number of aryl methyl sites for hydroxylation is 3. The number of pyridine rings is 1. The van der Waals surface area contributed by atoms with Crippen molar-refractivity contribution in [1.82, 2.24) is 19.7 Å². The van der Waals surface area contributed by atoms with Gasteiger partial charge in [-0.2, -0.15) is 5.10 Å². The van der Waals surface area contributed by atoms with Crippen LogP contribution in [0.5, 0.6) is 5.75 Å². The Labute approximate surface area is 177 Å². The predicted molar refractivity (Wildman–Crippen MR) is 118 cm³/mol. The zero-order valence-electron chi connectivity index (χ0n) is 18.1. The van der Waals surface area contributed by atoms with Gasteiger partial charge in [-0.3, -0.25) is 19.4 Å². The standard InChI is InChI=1S/C24H30N4O2/c1-17-6-10-26-28(17)13-9-21(29)16-27-11-7-19(8-12-27)23-14-22-18(2)24(30-3)5-4-20(22)15-25-23/h4-6,10,14-15,19H,7-9,11-13,16H2,1-3H3. The predicted octanol–water partition coefficient (Wildman–Crippen LogP) is 3.90. The quantitative estimate of drug-likeness (QED) is 0.596. The number of methoxy groups -OCH3 is 1. The minimum atomic E-state index is 0.287. The summed E-state index contributed by atoms with van der Waals surface area (Å²) in [5.41, 5.74) is 3.41. The van der Waals surface area contributed by atoms with Gasteiger partial charge < -0.3 is 4.74 Å². The van der Waals surface area contributed by atoms with Crippen molar-refractivity contribution in [3.8, 4) is 5.75 Å². The van der Waals surface area contributed by atoms with Crippen LogP contribution in [-0.4, -0.2) is 52.2 Å². The monoisotopic (exact) mass is 406 g/mol. The van der Waals surface area contributed by atoms with Gasteiger partial charge in [-0.1, -0.05) is 0 Å². The first-order valence-electron chi connectivity index (χ1n) is 10.7. The maximum absolute atomic E-state index is 12.4. The number of fused-ring (bicyclic) bond motifs is 1. The number of aromatic nitrogens is 3. The highest BCUT2D eigenvalue weighted by Gasteiger charge is 2.23. The third-order valence-electron chi connectivity index (χ3n) is 6.30. The van der Waals surface area contributed by atoms with Crippen molar-refractivity contribution in [2.24, 2.45) is 0 Å². The average molecular weight is 407 g/mol. The number of likely N-dealkylation sites (tertiary alicyclic amines) is 1. The molecule has 0 bridgehead atoms. The van der Waals surface area contributed by atoms with Crippen LogP contribution in [0.25, 0.3) is 10.8 Å². The Morgan fingerprint density at radius 1 is 1.20 bits per heavy atom. The second-order valence-corrected chi connectivity index (χ2v) is 8.26. The number of nitrogens with zero attached hydrogens (tertiary/aromatic N) is 4. The fourth-order valence-corrected chi connectivity index (χ4v) is 4.39. The lowest BCUT2D eigenvalue weighted by Crippen LogP contribution is -2.37. The highest BCUT2D eigenvalue weighted by molar-refractivity contribution is 5.87. The molecule has 0 aliphatic carbocycles. The summed E-state index contributed by atoms with van der Waals surface area (Å²) in [4.78, 5) is 19.4. The van der Waals surface area contributed by atoms with Gasteiger partial charge in [-0.05, 0) is 75.0 Å². The van der Waals surface area contributed by atoms with Gasteiger partial charge in [0.1, 0.15) is 11.5 Å². The molecule has 0 N–H and O–H groups in total. The summed E-state index contributed by atoms with van der Waals surface area (Å²) in [5.74, 6) is 1.64. The lowest BCUT2D eigenvalue weighted by Gasteiger charge is -2.31. The first kappa shape index (κ1) is 20.5. The van der Waals surface area contributed by atoms with Gasteiger partial charge in [-0.15, -0.1) is 0 Å². The Balaban J connectivity index is 1.33. The zero-order chi connectivity index (χ0) is 21.1. The third kappa shape index (κ3) is 4.38. The minimum Gasteiger partial charge on any atom is -0.496 e. The van der Waals surface area contributed by atoms with Gasteiger partial charge in [0.15, 0.2) is 0 Å². The van der Waals surface area contributed by atoms with E-state index in [1.54, 1.807) is 13.3 Å². The molecule has 0 spiro atoms. The van der Waals surface area contributed by atoms with Crippen molar-refractivity contribution in [2.45, 2.75) is 45.6 Å². The molecule has 1 fully saturated rings. The van der Waals surface area contributed by atoms with Crippen molar-refractivity contribution >= 4 is 16.6 Å². The number of benzene rings is 1. The topological polar surface area (TPSA) is 60.2 Å². The average Bonchev–Trinajstić information content (AvgIpc) is 3.18. The van der Waals surface area contributed by atoms with Crippen molar-refractivity contribution in [3.63, 3.8) is 0 Å². The van der Waals surface area contributed by atoms with E-state index in [0.29, 0.717) is 25.4 Å². The molecule has 158 valence electrons. The van der Waals surface area contributed by atoms with E-state index in [1.165, 1.54) is 5.39 Å². The van der Waals surface area contributed by atoms with E-state index in [4.69, 9.17) is 9.72 Å². The molecule has 6 nitrogen and oxygen atoms in total. The fourth-order valence-electron chi connectivity index (χ4n) is 4.39. The number of Topliss-reactive ketones (excluding diaryl/α,β-unsaturated/α-hetero) is 1. The Morgan fingerprint density at radius 2 is 2.00 bits per heavy atom. The second kappa shape index (κ2) is 8.96. The Bertz CT molecular complexity index is 1030. The van der Waals surface area contributed by atoms with Crippen LogP contribution in [0, 0.1) is 13.8 Å². The van der Waals surface area contributed by atoms with E-state index < -0.39 is 0 Å². The fraction of sp³-hybridized carbons (Fsp3) is 0.458.